The summed E-state index contributed by atoms with van der Waals surface area (Å²) in [6.07, 6.45) is 1.54. The number of benzene rings is 1. The van der Waals surface area contributed by atoms with Gasteiger partial charge in [0, 0.05) is 11.6 Å². The second kappa shape index (κ2) is 7.07. The van der Waals surface area contributed by atoms with Crippen LogP contribution in [0.3, 0.4) is 0 Å². The highest BCUT2D eigenvalue weighted by Crippen LogP contribution is 2.24. The van der Waals surface area contributed by atoms with Crippen molar-refractivity contribution in [3.05, 3.63) is 34.9 Å². The molecular formula is C15H21ClN2O2. The van der Waals surface area contributed by atoms with Gasteiger partial charge in [-0.1, -0.05) is 37.1 Å². The first-order chi connectivity index (χ1) is 9.61. The van der Waals surface area contributed by atoms with Crippen molar-refractivity contribution in [3.63, 3.8) is 0 Å². The zero-order valence-electron chi connectivity index (χ0n) is 11.7. The molecule has 4 nitrogen and oxygen atoms in total. The standard InChI is InChI=1S/C15H21ClN2O2/c1-2-3-13(17)15(19)18-8-9-20-14(10-18)11-4-6-12(16)7-5-11/h4-7,13-14H,2-3,8-10,17H2,1H3. The quantitative estimate of drug-likeness (QED) is 0.928. The zero-order valence-corrected chi connectivity index (χ0v) is 12.5. The Morgan fingerprint density at radius 2 is 2.20 bits per heavy atom. The fraction of sp³-hybridized carbons (Fsp3) is 0.533. The minimum absolute atomic E-state index is 0.0223. The summed E-state index contributed by atoms with van der Waals surface area (Å²) in [5, 5.41) is 0.697. The normalized spacial score (nSPS) is 20.8. The van der Waals surface area contributed by atoms with Gasteiger partial charge in [0.2, 0.25) is 5.91 Å². The molecule has 0 radical (unpaired) electrons. The smallest absolute Gasteiger partial charge is 0.239 e. The zero-order chi connectivity index (χ0) is 14.5. The van der Waals surface area contributed by atoms with E-state index in [1.54, 1.807) is 0 Å². The molecule has 1 fully saturated rings. The van der Waals surface area contributed by atoms with Gasteiger partial charge in [-0.2, -0.15) is 0 Å². The number of carbonyl (C=O) groups is 1. The lowest BCUT2D eigenvalue weighted by Crippen LogP contribution is -2.49. The summed E-state index contributed by atoms with van der Waals surface area (Å²) >= 11 is 5.88. The average molecular weight is 297 g/mol. The van der Waals surface area contributed by atoms with Crippen LogP contribution in [0.1, 0.15) is 31.4 Å². The first kappa shape index (κ1) is 15.3. The molecule has 1 heterocycles. The van der Waals surface area contributed by atoms with Crippen LogP contribution in [0, 0.1) is 0 Å². The topological polar surface area (TPSA) is 55.6 Å². The second-order valence-electron chi connectivity index (χ2n) is 5.09. The summed E-state index contributed by atoms with van der Waals surface area (Å²) in [4.78, 5) is 14.1. The van der Waals surface area contributed by atoms with Crippen LogP contribution in [0.15, 0.2) is 24.3 Å². The van der Waals surface area contributed by atoms with Crippen LogP contribution >= 0.6 is 11.6 Å². The maximum Gasteiger partial charge on any atom is 0.239 e. The third-order valence-electron chi connectivity index (χ3n) is 3.54. The molecule has 0 aromatic heterocycles. The van der Waals surface area contributed by atoms with Gasteiger partial charge in [0.25, 0.3) is 0 Å². The van der Waals surface area contributed by atoms with E-state index in [0.717, 1.165) is 18.4 Å². The lowest BCUT2D eigenvalue weighted by atomic mass is 10.1. The van der Waals surface area contributed by atoms with Crippen LogP contribution in [0.2, 0.25) is 5.02 Å². The average Bonchev–Trinajstić information content (AvgIpc) is 2.47. The Morgan fingerprint density at radius 3 is 2.85 bits per heavy atom. The Bertz CT molecular complexity index is 450. The van der Waals surface area contributed by atoms with Crippen molar-refractivity contribution < 1.29 is 9.53 Å². The van der Waals surface area contributed by atoms with Crippen LogP contribution in [0.25, 0.3) is 0 Å². The summed E-state index contributed by atoms with van der Waals surface area (Å²) in [6, 6.07) is 7.15. The van der Waals surface area contributed by atoms with Crippen LogP contribution in [0.5, 0.6) is 0 Å². The predicted molar refractivity (Wildman–Crippen MR) is 79.6 cm³/mol. The molecule has 1 aliphatic rings. The molecule has 0 aliphatic carbocycles. The number of nitrogens with zero attached hydrogens (tertiary/aromatic N) is 1. The Balaban J connectivity index is 2.01. The highest BCUT2D eigenvalue weighted by atomic mass is 35.5. The Morgan fingerprint density at radius 1 is 1.50 bits per heavy atom. The lowest BCUT2D eigenvalue weighted by molar-refractivity contribution is -0.140. The summed E-state index contributed by atoms with van der Waals surface area (Å²) < 4.78 is 5.75. The first-order valence-corrected chi connectivity index (χ1v) is 7.41. The number of ether oxygens (including phenoxy) is 1. The van der Waals surface area contributed by atoms with Gasteiger partial charge in [0.15, 0.2) is 0 Å². The molecule has 5 heteroatoms. The van der Waals surface area contributed by atoms with Crippen molar-refractivity contribution in [2.24, 2.45) is 5.73 Å². The van der Waals surface area contributed by atoms with Crippen molar-refractivity contribution >= 4 is 17.5 Å². The molecule has 0 spiro atoms. The molecule has 2 rings (SSSR count). The van der Waals surface area contributed by atoms with Crippen molar-refractivity contribution in [1.29, 1.82) is 0 Å². The van der Waals surface area contributed by atoms with Crippen molar-refractivity contribution in [2.45, 2.75) is 31.9 Å². The number of morpholine rings is 1. The summed E-state index contributed by atoms with van der Waals surface area (Å²) in [7, 11) is 0. The molecule has 1 aromatic carbocycles. The van der Waals surface area contributed by atoms with E-state index in [1.165, 1.54) is 0 Å². The highest BCUT2D eigenvalue weighted by Gasteiger charge is 2.27. The van der Waals surface area contributed by atoms with E-state index in [0.29, 0.717) is 24.7 Å². The van der Waals surface area contributed by atoms with E-state index in [1.807, 2.05) is 36.1 Å². The van der Waals surface area contributed by atoms with Crippen molar-refractivity contribution in [2.75, 3.05) is 19.7 Å². The van der Waals surface area contributed by atoms with Gasteiger partial charge in [-0.15, -0.1) is 0 Å². The minimum atomic E-state index is -0.399. The summed E-state index contributed by atoms with van der Waals surface area (Å²) in [5.41, 5.74) is 6.95. The SMILES string of the molecule is CCCC(N)C(=O)N1CCOC(c2ccc(Cl)cc2)C1. The van der Waals surface area contributed by atoms with E-state index in [4.69, 9.17) is 22.1 Å². The maximum atomic E-state index is 12.2. The maximum absolute atomic E-state index is 12.2. The lowest BCUT2D eigenvalue weighted by Gasteiger charge is -2.34. The number of amides is 1. The Kier molecular flexibility index (Phi) is 5.40. The van der Waals surface area contributed by atoms with Crippen LogP contribution in [0.4, 0.5) is 0 Å². The molecule has 0 bridgehead atoms. The van der Waals surface area contributed by atoms with Gasteiger partial charge in [-0.05, 0) is 24.1 Å². The first-order valence-electron chi connectivity index (χ1n) is 7.03. The molecule has 2 unspecified atom stereocenters. The van der Waals surface area contributed by atoms with Crippen molar-refractivity contribution in [1.82, 2.24) is 4.90 Å². The third kappa shape index (κ3) is 3.72. The largest absolute Gasteiger partial charge is 0.370 e. The highest BCUT2D eigenvalue weighted by molar-refractivity contribution is 6.30. The van der Waals surface area contributed by atoms with Gasteiger partial charge in [-0.3, -0.25) is 4.79 Å². The molecule has 2 N–H and O–H groups in total. The number of rotatable bonds is 4. The molecule has 1 amide bonds. The fourth-order valence-electron chi connectivity index (χ4n) is 2.40. The van der Waals surface area contributed by atoms with Gasteiger partial charge < -0.3 is 15.4 Å². The van der Waals surface area contributed by atoms with E-state index in [9.17, 15) is 4.79 Å². The van der Waals surface area contributed by atoms with Crippen molar-refractivity contribution in [3.8, 4) is 0 Å². The molecular weight excluding hydrogens is 276 g/mol. The van der Waals surface area contributed by atoms with Crippen LogP contribution in [-0.2, 0) is 9.53 Å². The summed E-state index contributed by atoms with van der Waals surface area (Å²) in [5.74, 6) is 0.0223. The van der Waals surface area contributed by atoms with Gasteiger partial charge in [-0.25, -0.2) is 0 Å². The monoisotopic (exact) mass is 296 g/mol. The van der Waals surface area contributed by atoms with Gasteiger partial charge in [0.05, 0.1) is 19.2 Å². The summed E-state index contributed by atoms with van der Waals surface area (Å²) in [6.45, 7) is 3.74. The second-order valence-corrected chi connectivity index (χ2v) is 5.53. The van der Waals surface area contributed by atoms with Gasteiger partial charge in [0.1, 0.15) is 6.10 Å². The van der Waals surface area contributed by atoms with Gasteiger partial charge >= 0.3 is 0 Å². The van der Waals surface area contributed by atoms with E-state index in [2.05, 4.69) is 0 Å². The number of halogens is 1. The Labute approximate surface area is 124 Å². The van der Waals surface area contributed by atoms with Crippen LogP contribution < -0.4 is 5.73 Å². The molecule has 110 valence electrons. The fourth-order valence-corrected chi connectivity index (χ4v) is 2.52. The number of nitrogens with two attached hydrogens (primary N) is 1. The molecule has 1 aliphatic heterocycles. The van der Waals surface area contributed by atoms with E-state index < -0.39 is 6.04 Å². The molecule has 1 saturated heterocycles. The van der Waals surface area contributed by atoms with Crippen LogP contribution in [-0.4, -0.2) is 36.5 Å². The Hall–Kier alpha value is -1.10. The molecule has 2 atom stereocenters. The number of hydrogen-bond donors (Lipinski definition) is 1. The molecule has 20 heavy (non-hydrogen) atoms. The number of hydrogen-bond acceptors (Lipinski definition) is 3. The molecule has 0 saturated carbocycles. The molecule has 1 aromatic rings. The van der Waals surface area contributed by atoms with E-state index >= 15 is 0 Å². The minimum Gasteiger partial charge on any atom is -0.370 e. The van der Waals surface area contributed by atoms with E-state index in [-0.39, 0.29) is 12.0 Å². The third-order valence-corrected chi connectivity index (χ3v) is 3.79. The number of carbonyl (C=O) groups excluding carboxylic acids is 1. The predicted octanol–water partition coefficient (Wildman–Crippen LogP) is 2.37.